The monoisotopic (exact) mass is 381 g/mol. The minimum atomic E-state index is -0.655. The van der Waals surface area contributed by atoms with Crippen molar-refractivity contribution in [3.05, 3.63) is 50.9 Å². The number of hydrogen-bond donors (Lipinski definition) is 0. The van der Waals surface area contributed by atoms with Gasteiger partial charge >= 0.3 is 0 Å². The maximum absolute atomic E-state index is 11.3. The summed E-state index contributed by atoms with van der Waals surface area (Å²) in [6.45, 7) is 9.37. The van der Waals surface area contributed by atoms with Gasteiger partial charge in [0.2, 0.25) is 0 Å². The Kier molecular flexibility index (Phi) is 4.42. The van der Waals surface area contributed by atoms with E-state index >= 15 is 0 Å². The highest BCUT2D eigenvalue weighted by Gasteiger charge is 2.21. The van der Waals surface area contributed by atoms with Crippen LogP contribution in [0.1, 0.15) is 29.8 Å². The third-order valence-corrected chi connectivity index (χ3v) is 4.20. The van der Waals surface area contributed by atoms with Crippen LogP contribution >= 0.6 is 22.6 Å². The zero-order valence-corrected chi connectivity index (χ0v) is 13.9. The normalized spacial score (nSPS) is 12.2. The molecular weight excluding hydrogens is 365 g/mol. The van der Waals surface area contributed by atoms with Crippen LogP contribution in [0.5, 0.6) is 0 Å². The van der Waals surface area contributed by atoms with Gasteiger partial charge in [-0.05, 0) is 55.0 Å². The van der Waals surface area contributed by atoms with Gasteiger partial charge in [0.25, 0.3) is 0 Å². The van der Waals surface area contributed by atoms with Crippen molar-refractivity contribution >= 4 is 39.8 Å². The fourth-order valence-corrected chi connectivity index (χ4v) is 3.32. The Bertz CT molecular complexity index is 694. The molecule has 0 spiro atoms. The average molecular weight is 381 g/mol. The van der Waals surface area contributed by atoms with Crippen molar-refractivity contribution in [3.8, 4) is 0 Å². The number of benzene rings is 1. The van der Waals surface area contributed by atoms with Gasteiger partial charge in [0.05, 0.1) is 11.3 Å². The molecule has 0 aliphatic rings. The largest absolute Gasteiger partial charge is 0.483 e. The van der Waals surface area contributed by atoms with Gasteiger partial charge in [-0.2, -0.15) is 0 Å². The molecule has 0 radical (unpaired) electrons. The number of nitrogens with zero attached hydrogens (tertiary/aromatic N) is 1. The number of aryl methyl sites for hydroxylation is 2. The smallest absolute Gasteiger partial charge is 0.181 e. The Morgan fingerprint density at radius 3 is 2.75 bits per heavy atom. The molecule has 0 fully saturated rings. The molecular formula is C16H16INO2. The van der Waals surface area contributed by atoms with E-state index in [-0.39, 0.29) is 0 Å². The molecule has 1 heterocycles. The Morgan fingerprint density at radius 1 is 1.45 bits per heavy atom. The zero-order valence-electron chi connectivity index (χ0n) is 11.7. The van der Waals surface area contributed by atoms with Gasteiger partial charge in [-0.15, -0.1) is 0 Å². The highest BCUT2D eigenvalue weighted by atomic mass is 127. The molecule has 20 heavy (non-hydrogen) atoms. The van der Waals surface area contributed by atoms with Crippen LogP contribution in [0.3, 0.4) is 0 Å². The Balaban J connectivity index is 2.67. The van der Waals surface area contributed by atoms with E-state index in [9.17, 15) is 4.79 Å². The number of aldehydes is 1. The summed E-state index contributed by atoms with van der Waals surface area (Å²) >= 11 is 2.25. The van der Waals surface area contributed by atoms with E-state index in [2.05, 4.69) is 34.2 Å². The van der Waals surface area contributed by atoms with Gasteiger partial charge in [0.15, 0.2) is 12.4 Å². The molecule has 0 aliphatic carbocycles. The van der Waals surface area contributed by atoms with Gasteiger partial charge < -0.3 is 4.74 Å². The minimum absolute atomic E-state index is 0.515. The van der Waals surface area contributed by atoms with Crippen LogP contribution in [0.4, 0.5) is 0 Å². The lowest BCUT2D eigenvalue weighted by Gasteiger charge is -2.18. The summed E-state index contributed by atoms with van der Waals surface area (Å²) < 4.78 is 6.52. The molecule has 1 atom stereocenters. The topological polar surface area (TPSA) is 39.2 Å². The summed E-state index contributed by atoms with van der Waals surface area (Å²) in [5.41, 5.74) is 3.74. The lowest BCUT2D eigenvalue weighted by molar-refractivity contribution is -0.116. The van der Waals surface area contributed by atoms with Crippen molar-refractivity contribution in [1.29, 1.82) is 0 Å². The standard InChI is InChI=1S/C16H16INO2/c1-9(2)20-14(8-19)15-11(4)18-13-7-10(3)5-6-12(13)16(15)17/h5-8,14H,1H2,2-4H3/t14-/m1/s1. The number of ether oxygens (including phenoxy) is 1. The summed E-state index contributed by atoms with van der Waals surface area (Å²) in [6, 6.07) is 6.12. The maximum Gasteiger partial charge on any atom is 0.181 e. The van der Waals surface area contributed by atoms with E-state index in [0.717, 1.165) is 37.6 Å². The number of pyridine rings is 1. The van der Waals surface area contributed by atoms with E-state index in [1.165, 1.54) is 0 Å². The van der Waals surface area contributed by atoms with Crippen LogP contribution in [0, 0.1) is 17.4 Å². The van der Waals surface area contributed by atoms with Crippen LogP contribution in [0.25, 0.3) is 10.9 Å². The van der Waals surface area contributed by atoms with Crippen molar-refractivity contribution in [2.24, 2.45) is 0 Å². The van der Waals surface area contributed by atoms with Gasteiger partial charge in [-0.1, -0.05) is 18.7 Å². The molecule has 2 aromatic rings. The number of rotatable bonds is 4. The average Bonchev–Trinajstić information content (AvgIpc) is 2.36. The van der Waals surface area contributed by atoms with Crippen LogP contribution in [0.15, 0.2) is 30.5 Å². The van der Waals surface area contributed by atoms with Crippen molar-refractivity contribution in [1.82, 2.24) is 4.98 Å². The first-order chi connectivity index (χ1) is 9.43. The lowest BCUT2D eigenvalue weighted by Crippen LogP contribution is -2.10. The summed E-state index contributed by atoms with van der Waals surface area (Å²) in [6.07, 6.45) is 0.138. The number of carbonyl (C=O) groups excluding carboxylic acids is 1. The zero-order chi connectivity index (χ0) is 14.9. The van der Waals surface area contributed by atoms with Gasteiger partial charge in [0, 0.05) is 20.2 Å². The highest BCUT2D eigenvalue weighted by molar-refractivity contribution is 14.1. The maximum atomic E-state index is 11.3. The third kappa shape index (κ3) is 2.85. The fourth-order valence-electron chi connectivity index (χ4n) is 2.17. The number of carbonyl (C=O) groups is 1. The second-order valence-electron chi connectivity index (χ2n) is 4.82. The van der Waals surface area contributed by atoms with Gasteiger partial charge in [0.1, 0.15) is 0 Å². The number of hydrogen-bond acceptors (Lipinski definition) is 3. The Labute approximate surface area is 132 Å². The van der Waals surface area contributed by atoms with Crippen molar-refractivity contribution in [2.45, 2.75) is 26.9 Å². The van der Waals surface area contributed by atoms with Crippen LogP contribution in [-0.4, -0.2) is 11.3 Å². The van der Waals surface area contributed by atoms with Gasteiger partial charge in [-0.25, -0.2) is 0 Å². The third-order valence-electron chi connectivity index (χ3n) is 3.04. The molecule has 0 N–H and O–H groups in total. The number of aromatic nitrogens is 1. The van der Waals surface area contributed by atoms with Crippen molar-refractivity contribution in [3.63, 3.8) is 0 Å². The molecule has 0 saturated carbocycles. The minimum Gasteiger partial charge on any atom is -0.483 e. The molecule has 0 saturated heterocycles. The number of allylic oxidation sites excluding steroid dienone is 1. The summed E-state index contributed by atoms with van der Waals surface area (Å²) in [4.78, 5) is 15.9. The molecule has 2 rings (SSSR count). The first kappa shape index (κ1) is 15.0. The highest BCUT2D eigenvalue weighted by Crippen LogP contribution is 2.31. The second-order valence-corrected chi connectivity index (χ2v) is 5.90. The van der Waals surface area contributed by atoms with Crippen LogP contribution in [-0.2, 0) is 9.53 Å². The first-order valence-corrected chi connectivity index (χ1v) is 7.35. The molecule has 0 aliphatic heterocycles. The SMILES string of the molecule is C=C(C)O[C@H](C=O)c1c(C)nc2cc(C)ccc2c1I. The van der Waals surface area contributed by atoms with Gasteiger partial charge in [-0.3, -0.25) is 9.78 Å². The predicted octanol–water partition coefficient (Wildman–Crippen LogP) is 4.25. The lowest BCUT2D eigenvalue weighted by atomic mass is 10.0. The molecule has 1 aromatic heterocycles. The van der Waals surface area contributed by atoms with E-state index in [1.807, 2.05) is 32.0 Å². The van der Waals surface area contributed by atoms with E-state index in [0.29, 0.717) is 5.76 Å². The second kappa shape index (κ2) is 5.91. The molecule has 104 valence electrons. The summed E-state index contributed by atoms with van der Waals surface area (Å²) in [5, 5.41) is 1.04. The summed E-state index contributed by atoms with van der Waals surface area (Å²) in [5.74, 6) is 0.515. The van der Waals surface area contributed by atoms with E-state index in [1.54, 1.807) is 6.92 Å². The molecule has 1 aromatic carbocycles. The summed E-state index contributed by atoms with van der Waals surface area (Å²) in [7, 11) is 0. The molecule has 4 heteroatoms. The number of halogens is 1. The fraction of sp³-hybridized carbons (Fsp3) is 0.250. The predicted molar refractivity (Wildman–Crippen MR) is 88.6 cm³/mol. The Morgan fingerprint density at radius 2 is 2.15 bits per heavy atom. The number of fused-ring (bicyclic) bond motifs is 1. The van der Waals surface area contributed by atoms with Crippen LogP contribution < -0.4 is 0 Å². The van der Waals surface area contributed by atoms with E-state index in [4.69, 9.17) is 4.74 Å². The van der Waals surface area contributed by atoms with E-state index < -0.39 is 6.10 Å². The first-order valence-electron chi connectivity index (χ1n) is 6.28. The van der Waals surface area contributed by atoms with Crippen molar-refractivity contribution in [2.75, 3.05) is 0 Å². The van der Waals surface area contributed by atoms with Crippen molar-refractivity contribution < 1.29 is 9.53 Å². The molecule has 0 bridgehead atoms. The van der Waals surface area contributed by atoms with Crippen LogP contribution in [0.2, 0.25) is 0 Å². The molecule has 3 nitrogen and oxygen atoms in total. The molecule has 0 unspecified atom stereocenters. The quantitative estimate of drug-likeness (QED) is 0.452. The Hall–Kier alpha value is -1.43. The molecule has 0 amide bonds.